The summed E-state index contributed by atoms with van der Waals surface area (Å²) < 4.78 is 71.0. The van der Waals surface area contributed by atoms with Crippen molar-refractivity contribution in [3.63, 3.8) is 0 Å². The molecule has 2 aromatic rings. The molecule has 0 atom stereocenters. The van der Waals surface area contributed by atoms with Crippen molar-refractivity contribution in [3.8, 4) is 0 Å². The van der Waals surface area contributed by atoms with Crippen LogP contribution in [0.15, 0.2) is 29.2 Å². The van der Waals surface area contributed by atoms with Crippen LogP contribution in [-0.4, -0.2) is 26.0 Å². The van der Waals surface area contributed by atoms with Crippen molar-refractivity contribution >= 4 is 32.5 Å². The molecule has 0 spiro atoms. The molecular weight excluding hydrogens is 417 g/mol. The Morgan fingerprint density at radius 1 is 1.18 bits per heavy atom. The fourth-order valence-electron chi connectivity index (χ4n) is 2.20. The average molecular weight is 436 g/mol. The Hall–Kier alpha value is -2.14. The molecule has 0 aliphatic carbocycles. The van der Waals surface area contributed by atoms with Gasteiger partial charge in [0.05, 0.1) is 11.5 Å². The third kappa shape index (κ3) is 5.02. The number of sulfonamides is 1. The monoisotopic (exact) mass is 436 g/mol. The van der Waals surface area contributed by atoms with Gasteiger partial charge in [0.1, 0.15) is 4.88 Å². The zero-order chi connectivity index (χ0) is 21.3. The van der Waals surface area contributed by atoms with Gasteiger partial charge in [0, 0.05) is 0 Å². The van der Waals surface area contributed by atoms with E-state index in [-0.39, 0.29) is 28.3 Å². The first kappa shape index (κ1) is 22.2. The number of aromatic nitrogens is 1. The summed E-state index contributed by atoms with van der Waals surface area (Å²) >= 11 is 0.267. The van der Waals surface area contributed by atoms with E-state index < -0.39 is 37.9 Å². The molecule has 0 unspecified atom stereocenters. The van der Waals surface area contributed by atoms with Crippen molar-refractivity contribution in [2.45, 2.75) is 44.2 Å². The predicted molar refractivity (Wildman–Crippen MR) is 99.0 cm³/mol. The van der Waals surface area contributed by atoms with E-state index in [0.717, 1.165) is 5.56 Å². The Morgan fingerprint density at radius 2 is 1.75 bits per heavy atom. The topological polar surface area (TPSA) is 85.4 Å². The number of halogens is 3. The number of nitrogens with one attached hydrogen (secondary N) is 1. The molecule has 6 nitrogen and oxygen atoms in total. The highest BCUT2D eigenvalue weighted by Gasteiger charge is 2.40. The lowest BCUT2D eigenvalue weighted by molar-refractivity contribution is -0.141. The number of nitrogens with zero attached hydrogens (tertiary/aromatic N) is 1. The Morgan fingerprint density at radius 3 is 2.21 bits per heavy atom. The molecule has 11 heteroatoms. The van der Waals surface area contributed by atoms with Gasteiger partial charge in [-0.3, -0.25) is 4.72 Å². The second-order valence-electron chi connectivity index (χ2n) is 6.79. The molecule has 0 amide bonds. The third-order valence-corrected chi connectivity index (χ3v) is 6.04. The minimum absolute atomic E-state index is 0.130. The second-order valence-corrected chi connectivity index (χ2v) is 9.48. The molecule has 0 aliphatic heterocycles. The van der Waals surface area contributed by atoms with Gasteiger partial charge in [0.15, 0.2) is 10.8 Å². The molecule has 0 aliphatic rings. The van der Waals surface area contributed by atoms with Crippen LogP contribution in [0, 0.1) is 0 Å². The molecule has 0 radical (unpaired) electrons. The van der Waals surface area contributed by atoms with Crippen LogP contribution in [0.25, 0.3) is 0 Å². The fraction of sp³-hybridized carbons (Fsp3) is 0.412. The van der Waals surface area contributed by atoms with Gasteiger partial charge in [0.2, 0.25) is 0 Å². The number of alkyl halides is 3. The van der Waals surface area contributed by atoms with Crippen LogP contribution in [0.5, 0.6) is 0 Å². The lowest BCUT2D eigenvalue weighted by Crippen LogP contribution is -2.15. The number of ether oxygens (including phenoxy) is 1. The van der Waals surface area contributed by atoms with Gasteiger partial charge in [0.25, 0.3) is 10.0 Å². The van der Waals surface area contributed by atoms with Crippen LogP contribution < -0.4 is 4.72 Å². The Bertz CT molecular complexity index is 960. The summed E-state index contributed by atoms with van der Waals surface area (Å²) in [6.45, 7) is 7.19. The van der Waals surface area contributed by atoms with Gasteiger partial charge in [-0.05, 0) is 30.0 Å². The predicted octanol–water partition coefficient (Wildman–Crippen LogP) is 4.44. The number of carbonyl (C=O) groups is 1. The lowest BCUT2D eigenvalue weighted by atomic mass is 9.87. The van der Waals surface area contributed by atoms with Gasteiger partial charge in [-0.2, -0.15) is 13.2 Å². The maximum Gasteiger partial charge on any atom is 0.435 e. The number of anilines is 1. The molecule has 0 saturated heterocycles. The van der Waals surface area contributed by atoms with E-state index in [1.54, 1.807) is 12.1 Å². The molecule has 0 fully saturated rings. The normalized spacial score (nSPS) is 12.7. The summed E-state index contributed by atoms with van der Waals surface area (Å²) in [7, 11) is -4.18. The van der Waals surface area contributed by atoms with Crippen molar-refractivity contribution in [2.75, 3.05) is 11.3 Å². The Balaban J connectivity index is 2.37. The maximum absolute atomic E-state index is 13.1. The number of benzene rings is 1. The molecule has 1 aromatic heterocycles. The zero-order valence-electron chi connectivity index (χ0n) is 15.5. The highest BCUT2D eigenvalue weighted by atomic mass is 32.2. The van der Waals surface area contributed by atoms with Gasteiger partial charge in [-0.25, -0.2) is 18.2 Å². The third-order valence-electron chi connectivity index (χ3n) is 3.61. The van der Waals surface area contributed by atoms with Gasteiger partial charge >= 0.3 is 12.1 Å². The van der Waals surface area contributed by atoms with Crippen LogP contribution in [0.3, 0.4) is 0 Å². The molecular formula is C17H19F3N2O4S2. The molecule has 2 rings (SSSR count). The van der Waals surface area contributed by atoms with E-state index in [1.807, 2.05) is 25.5 Å². The summed E-state index contributed by atoms with van der Waals surface area (Å²) in [5.41, 5.74) is -0.789. The maximum atomic E-state index is 13.1. The van der Waals surface area contributed by atoms with Crippen molar-refractivity contribution in [3.05, 3.63) is 40.4 Å². The Kier molecular flexibility index (Phi) is 6.10. The van der Waals surface area contributed by atoms with Crippen molar-refractivity contribution in [1.82, 2.24) is 4.98 Å². The van der Waals surface area contributed by atoms with Crippen LogP contribution in [0.1, 0.15) is 48.6 Å². The largest absolute Gasteiger partial charge is 0.462 e. The minimum Gasteiger partial charge on any atom is -0.462 e. The molecule has 28 heavy (non-hydrogen) atoms. The van der Waals surface area contributed by atoms with Crippen molar-refractivity contribution in [2.24, 2.45) is 0 Å². The van der Waals surface area contributed by atoms with Crippen LogP contribution in [0.2, 0.25) is 0 Å². The van der Waals surface area contributed by atoms with E-state index in [9.17, 15) is 26.4 Å². The van der Waals surface area contributed by atoms with E-state index in [4.69, 9.17) is 0 Å². The zero-order valence-corrected chi connectivity index (χ0v) is 17.2. The van der Waals surface area contributed by atoms with Crippen LogP contribution in [0.4, 0.5) is 18.3 Å². The first-order valence-corrected chi connectivity index (χ1v) is 10.4. The lowest BCUT2D eigenvalue weighted by Gasteiger charge is -2.19. The van der Waals surface area contributed by atoms with E-state index in [1.165, 1.54) is 19.1 Å². The quantitative estimate of drug-likeness (QED) is 0.701. The van der Waals surface area contributed by atoms with Crippen LogP contribution in [-0.2, 0) is 26.4 Å². The number of rotatable bonds is 5. The summed E-state index contributed by atoms with van der Waals surface area (Å²) in [6.07, 6.45) is -4.93. The average Bonchev–Trinajstić information content (AvgIpc) is 2.98. The fourth-order valence-corrected chi connectivity index (χ4v) is 4.31. The summed E-state index contributed by atoms with van der Waals surface area (Å²) in [5, 5.41) is -0.574. The highest BCUT2D eigenvalue weighted by molar-refractivity contribution is 7.93. The van der Waals surface area contributed by atoms with E-state index in [2.05, 4.69) is 9.72 Å². The van der Waals surface area contributed by atoms with Crippen LogP contribution >= 0.6 is 11.3 Å². The Labute approximate surface area is 164 Å². The molecule has 0 saturated carbocycles. The van der Waals surface area contributed by atoms with Crippen molar-refractivity contribution in [1.29, 1.82) is 0 Å². The first-order valence-electron chi connectivity index (χ1n) is 8.14. The van der Waals surface area contributed by atoms with Gasteiger partial charge in [-0.1, -0.05) is 44.2 Å². The molecule has 1 heterocycles. The molecule has 1 N–H and O–H groups in total. The summed E-state index contributed by atoms with van der Waals surface area (Å²) in [6, 6.07) is 5.96. The highest BCUT2D eigenvalue weighted by Crippen LogP contribution is 2.37. The van der Waals surface area contributed by atoms with E-state index in [0.29, 0.717) is 0 Å². The first-order chi connectivity index (χ1) is 12.8. The molecule has 0 bridgehead atoms. The SMILES string of the molecule is CCOC(=O)c1sc(NS(=O)(=O)c2ccc(C(C)(C)C)cc2)nc1C(F)(F)F. The summed E-state index contributed by atoms with van der Waals surface area (Å²) in [4.78, 5) is 14.1. The number of esters is 1. The summed E-state index contributed by atoms with van der Waals surface area (Å²) in [5.74, 6) is -1.22. The number of carbonyl (C=O) groups excluding carboxylic acids is 1. The second kappa shape index (κ2) is 7.70. The molecule has 1 aromatic carbocycles. The standard InChI is InChI=1S/C17H19F3N2O4S2/c1-5-26-14(23)12-13(17(18,19)20)21-15(27-12)22-28(24,25)11-8-6-10(7-9-11)16(2,3)4/h6-9H,5H2,1-4H3,(H,21,22). The van der Waals surface area contributed by atoms with Gasteiger partial charge in [-0.15, -0.1) is 0 Å². The number of hydrogen-bond acceptors (Lipinski definition) is 6. The van der Waals surface area contributed by atoms with E-state index >= 15 is 0 Å². The van der Waals surface area contributed by atoms with Crippen molar-refractivity contribution < 1.29 is 31.1 Å². The number of hydrogen-bond donors (Lipinski definition) is 1. The number of thiazole rings is 1. The smallest absolute Gasteiger partial charge is 0.435 e. The minimum atomic E-state index is -4.93. The van der Waals surface area contributed by atoms with Gasteiger partial charge < -0.3 is 4.74 Å². The molecule has 154 valence electrons.